The lowest BCUT2D eigenvalue weighted by Gasteiger charge is -2.15. The third kappa shape index (κ3) is 6.27. The maximum atomic E-state index is 12.7. The van der Waals surface area contributed by atoms with Crippen molar-refractivity contribution in [2.24, 2.45) is 5.92 Å². The van der Waals surface area contributed by atoms with E-state index in [4.69, 9.17) is 4.74 Å². The summed E-state index contributed by atoms with van der Waals surface area (Å²) in [6, 6.07) is 6.15. The summed E-state index contributed by atoms with van der Waals surface area (Å²) in [5.41, 5.74) is 0. The fraction of sp³-hybridized carbons (Fsp3) is 0.571. The van der Waals surface area contributed by atoms with Gasteiger partial charge in [-0.15, -0.1) is 0 Å². The molecule has 1 rings (SSSR count). The molecular formula is C14H22FNO. The van der Waals surface area contributed by atoms with Gasteiger partial charge >= 0.3 is 0 Å². The van der Waals surface area contributed by atoms with Gasteiger partial charge in [-0.3, -0.25) is 0 Å². The molecule has 0 aliphatic carbocycles. The molecule has 0 saturated carbocycles. The van der Waals surface area contributed by atoms with Crippen LogP contribution in [0.4, 0.5) is 4.39 Å². The quantitative estimate of drug-likeness (QED) is 0.738. The van der Waals surface area contributed by atoms with E-state index in [1.165, 1.54) is 12.1 Å². The Hall–Kier alpha value is -1.09. The van der Waals surface area contributed by atoms with Crippen LogP contribution in [0.5, 0.6) is 5.75 Å². The smallest absolute Gasteiger partial charge is 0.123 e. The molecule has 0 aliphatic heterocycles. The Bertz CT molecular complexity index is 311. The average molecular weight is 239 g/mol. The molecule has 96 valence electrons. The highest BCUT2D eigenvalue weighted by molar-refractivity contribution is 5.22. The van der Waals surface area contributed by atoms with Crippen molar-refractivity contribution in [1.29, 1.82) is 0 Å². The first kappa shape index (κ1) is 14.0. The van der Waals surface area contributed by atoms with Crippen molar-refractivity contribution in [2.75, 3.05) is 13.1 Å². The van der Waals surface area contributed by atoms with Crippen LogP contribution in [0.15, 0.2) is 24.3 Å². The monoisotopic (exact) mass is 239 g/mol. The predicted octanol–water partition coefficient (Wildman–Crippen LogP) is 3.23. The molecule has 0 spiro atoms. The lowest BCUT2D eigenvalue weighted by Crippen LogP contribution is -2.25. The Morgan fingerprint density at radius 1 is 1.18 bits per heavy atom. The average Bonchev–Trinajstić information content (AvgIpc) is 2.27. The van der Waals surface area contributed by atoms with Crippen molar-refractivity contribution in [3.63, 3.8) is 0 Å². The van der Waals surface area contributed by atoms with Crippen LogP contribution < -0.4 is 10.1 Å². The number of halogens is 1. The fourth-order valence-electron chi connectivity index (χ4n) is 1.50. The summed E-state index contributed by atoms with van der Waals surface area (Å²) in [7, 11) is 0. The van der Waals surface area contributed by atoms with E-state index in [0.717, 1.165) is 25.3 Å². The second kappa shape index (κ2) is 7.28. The van der Waals surface area contributed by atoms with E-state index in [-0.39, 0.29) is 11.9 Å². The highest BCUT2D eigenvalue weighted by atomic mass is 19.1. The lowest BCUT2D eigenvalue weighted by molar-refractivity contribution is 0.209. The van der Waals surface area contributed by atoms with Gasteiger partial charge in [-0.1, -0.05) is 13.8 Å². The summed E-state index contributed by atoms with van der Waals surface area (Å²) >= 11 is 0. The summed E-state index contributed by atoms with van der Waals surface area (Å²) in [5, 5.41) is 3.37. The van der Waals surface area contributed by atoms with Crippen LogP contribution in [-0.2, 0) is 0 Å². The van der Waals surface area contributed by atoms with Crippen LogP contribution >= 0.6 is 0 Å². The Morgan fingerprint density at radius 3 is 2.41 bits per heavy atom. The Labute approximate surface area is 103 Å². The first-order valence-electron chi connectivity index (χ1n) is 6.21. The second-order valence-electron chi connectivity index (χ2n) is 4.77. The van der Waals surface area contributed by atoms with E-state index in [0.29, 0.717) is 5.92 Å². The number of ether oxygens (including phenoxy) is 1. The third-order valence-electron chi connectivity index (χ3n) is 2.43. The highest BCUT2D eigenvalue weighted by Gasteiger charge is 2.04. The minimum absolute atomic E-state index is 0.139. The van der Waals surface area contributed by atoms with Crippen molar-refractivity contribution >= 4 is 0 Å². The van der Waals surface area contributed by atoms with E-state index in [2.05, 4.69) is 19.2 Å². The molecule has 2 nitrogen and oxygen atoms in total. The van der Waals surface area contributed by atoms with Crippen LogP contribution in [0, 0.1) is 11.7 Å². The van der Waals surface area contributed by atoms with Crippen molar-refractivity contribution in [1.82, 2.24) is 5.32 Å². The van der Waals surface area contributed by atoms with Crippen LogP contribution in [0.2, 0.25) is 0 Å². The minimum atomic E-state index is -0.233. The van der Waals surface area contributed by atoms with Crippen molar-refractivity contribution in [2.45, 2.75) is 33.3 Å². The maximum Gasteiger partial charge on any atom is 0.123 e. The zero-order valence-electron chi connectivity index (χ0n) is 10.9. The first-order valence-corrected chi connectivity index (χ1v) is 6.21. The van der Waals surface area contributed by atoms with Gasteiger partial charge in [-0.05, 0) is 56.6 Å². The van der Waals surface area contributed by atoms with Gasteiger partial charge < -0.3 is 10.1 Å². The summed E-state index contributed by atoms with van der Waals surface area (Å²) in [6.07, 6.45) is 1.09. The number of hydrogen-bond donors (Lipinski definition) is 1. The van der Waals surface area contributed by atoms with E-state index in [1.807, 2.05) is 6.92 Å². The molecule has 17 heavy (non-hydrogen) atoms. The van der Waals surface area contributed by atoms with Gasteiger partial charge in [-0.2, -0.15) is 0 Å². The summed E-state index contributed by atoms with van der Waals surface area (Å²) in [4.78, 5) is 0. The van der Waals surface area contributed by atoms with Crippen molar-refractivity contribution in [3.05, 3.63) is 30.1 Å². The fourth-order valence-corrected chi connectivity index (χ4v) is 1.50. The maximum absolute atomic E-state index is 12.7. The molecule has 1 aromatic carbocycles. The molecule has 1 atom stereocenters. The minimum Gasteiger partial charge on any atom is -0.491 e. The molecule has 0 aliphatic rings. The number of hydrogen-bond acceptors (Lipinski definition) is 2. The molecule has 0 aromatic heterocycles. The molecule has 0 amide bonds. The van der Waals surface area contributed by atoms with E-state index < -0.39 is 0 Å². The van der Waals surface area contributed by atoms with Gasteiger partial charge in [-0.25, -0.2) is 4.39 Å². The van der Waals surface area contributed by atoms with Gasteiger partial charge in [0.05, 0.1) is 6.10 Å². The molecule has 0 fully saturated rings. The summed E-state index contributed by atoms with van der Waals surface area (Å²) in [6.45, 7) is 8.38. The highest BCUT2D eigenvalue weighted by Crippen LogP contribution is 2.13. The van der Waals surface area contributed by atoms with Gasteiger partial charge in [0, 0.05) is 0 Å². The molecule has 0 saturated heterocycles. The van der Waals surface area contributed by atoms with Crippen LogP contribution in [0.3, 0.4) is 0 Å². The number of nitrogens with one attached hydrogen (secondary N) is 1. The van der Waals surface area contributed by atoms with Crippen LogP contribution in [0.25, 0.3) is 0 Å². The van der Waals surface area contributed by atoms with E-state index >= 15 is 0 Å². The largest absolute Gasteiger partial charge is 0.491 e. The number of benzene rings is 1. The van der Waals surface area contributed by atoms with Crippen LogP contribution in [-0.4, -0.2) is 19.2 Å². The van der Waals surface area contributed by atoms with E-state index in [9.17, 15) is 4.39 Å². The SMILES string of the molecule is CC(C)CNCCC(C)Oc1ccc(F)cc1. The van der Waals surface area contributed by atoms with Crippen molar-refractivity contribution < 1.29 is 9.13 Å². The topological polar surface area (TPSA) is 21.3 Å². The Morgan fingerprint density at radius 2 is 1.82 bits per heavy atom. The third-order valence-corrected chi connectivity index (χ3v) is 2.43. The predicted molar refractivity (Wildman–Crippen MR) is 68.8 cm³/mol. The number of rotatable bonds is 7. The molecular weight excluding hydrogens is 217 g/mol. The Kier molecular flexibility index (Phi) is 5.98. The summed E-state index contributed by atoms with van der Waals surface area (Å²) in [5.74, 6) is 1.16. The van der Waals surface area contributed by atoms with Gasteiger partial charge in [0.25, 0.3) is 0 Å². The van der Waals surface area contributed by atoms with Gasteiger partial charge in [0.1, 0.15) is 11.6 Å². The molecule has 1 unspecified atom stereocenters. The Balaban J connectivity index is 2.20. The molecule has 0 radical (unpaired) electrons. The molecule has 1 N–H and O–H groups in total. The first-order chi connectivity index (χ1) is 8.08. The van der Waals surface area contributed by atoms with E-state index in [1.54, 1.807) is 12.1 Å². The second-order valence-corrected chi connectivity index (χ2v) is 4.77. The van der Waals surface area contributed by atoms with Crippen LogP contribution in [0.1, 0.15) is 27.2 Å². The molecule has 0 heterocycles. The summed E-state index contributed by atoms with van der Waals surface area (Å²) < 4.78 is 18.4. The van der Waals surface area contributed by atoms with Gasteiger partial charge in [0.15, 0.2) is 0 Å². The lowest BCUT2D eigenvalue weighted by atomic mass is 10.2. The molecule has 0 bridgehead atoms. The molecule has 3 heteroatoms. The van der Waals surface area contributed by atoms with Gasteiger partial charge in [0.2, 0.25) is 0 Å². The standard InChI is InChI=1S/C14H22FNO/c1-11(2)10-16-9-8-12(3)17-14-6-4-13(15)5-7-14/h4-7,11-12,16H,8-10H2,1-3H3. The normalized spacial score (nSPS) is 12.8. The zero-order chi connectivity index (χ0) is 12.7. The zero-order valence-corrected chi connectivity index (χ0v) is 10.9. The molecule has 1 aromatic rings. The van der Waals surface area contributed by atoms with Crippen molar-refractivity contribution in [3.8, 4) is 5.75 Å².